The minimum atomic E-state index is -0.464. The van der Waals surface area contributed by atoms with Crippen LogP contribution >= 0.6 is 27.3 Å². The lowest BCUT2D eigenvalue weighted by molar-refractivity contribution is -0.118. The van der Waals surface area contributed by atoms with Crippen LogP contribution in [0, 0.1) is 13.8 Å². The molecule has 3 aromatic rings. The summed E-state index contributed by atoms with van der Waals surface area (Å²) in [5.41, 5.74) is 4.12. The molecule has 0 aliphatic carbocycles. The molecule has 3 rings (SSSR count). The monoisotopic (exact) mass is 487 g/mol. The fourth-order valence-electron chi connectivity index (χ4n) is 2.82. The summed E-state index contributed by atoms with van der Waals surface area (Å²) in [6, 6.07) is 13.4. The van der Waals surface area contributed by atoms with Gasteiger partial charge in [0.05, 0.1) is 6.61 Å². The van der Waals surface area contributed by atoms with Gasteiger partial charge in [0, 0.05) is 15.4 Å². The van der Waals surface area contributed by atoms with Gasteiger partial charge in [-0.1, -0.05) is 45.8 Å². The Morgan fingerprint density at radius 3 is 2.50 bits per heavy atom. The lowest BCUT2D eigenvalue weighted by Gasteiger charge is -2.10. The number of thiophene rings is 1. The zero-order chi connectivity index (χ0) is 21.7. The van der Waals surface area contributed by atoms with Gasteiger partial charge >= 0.3 is 5.97 Å². The van der Waals surface area contributed by atoms with E-state index in [2.05, 4.69) is 21.2 Å². The Morgan fingerprint density at radius 2 is 1.83 bits per heavy atom. The number of rotatable bonds is 7. The first kappa shape index (κ1) is 22.1. The SMILES string of the molecule is CCOC(=O)c1c(-c2ccc(C)cc2)csc1NC(=O)COc1ccc(Br)c(C)c1. The quantitative estimate of drug-likeness (QED) is 0.415. The van der Waals surface area contributed by atoms with E-state index in [9.17, 15) is 9.59 Å². The topological polar surface area (TPSA) is 64.6 Å². The van der Waals surface area contributed by atoms with Crippen LogP contribution in [0.1, 0.15) is 28.4 Å². The molecule has 0 aliphatic rings. The summed E-state index contributed by atoms with van der Waals surface area (Å²) in [4.78, 5) is 25.1. The van der Waals surface area contributed by atoms with Gasteiger partial charge in [0.2, 0.25) is 0 Å². The van der Waals surface area contributed by atoms with Crippen molar-refractivity contribution in [2.24, 2.45) is 0 Å². The van der Waals surface area contributed by atoms with E-state index in [0.29, 0.717) is 16.3 Å². The third-order valence-corrected chi connectivity index (χ3v) is 6.17. The number of esters is 1. The Kier molecular flexibility index (Phi) is 7.29. The molecule has 1 amide bonds. The second-order valence-corrected chi connectivity index (χ2v) is 8.42. The van der Waals surface area contributed by atoms with Crippen LogP contribution in [0.5, 0.6) is 5.75 Å². The molecule has 156 valence electrons. The predicted octanol–water partition coefficient (Wildman–Crippen LogP) is 5.99. The van der Waals surface area contributed by atoms with Gasteiger partial charge < -0.3 is 14.8 Å². The third kappa shape index (κ3) is 5.29. The highest BCUT2D eigenvalue weighted by Gasteiger charge is 2.23. The van der Waals surface area contributed by atoms with Crippen molar-refractivity contribution in [1.82, 2.24) is 0 Å². The van der Waals surface area contributed by atoms with E-state index in [-0.39, 0.29) is 19.1 Å². The largest absolute Gasteiger partial charge is 0.484 e. The summed E-state index contributed by atoms with van der Waals surface area (Å²) in [5, 5.41) is 5.09. The molecule has 30 heavy (non-hydrogen) atoms. The lowest BCUT2D eigenvalue weighted by atomic mass is 10.0. The zero-order valence-corrected chi connectivity index (χ0v) is 19.4. The summed E-state index contributed by atoms with van der Waals surface area (Å²) in [7, 11) is 0. The smallest absolute Gasteiger partial charge is 0.341 e. The van der Waals surface area contributed by atoms with Crippen molar-refractivity contribution >= 4 is 44.1 Å². The summed E-state index contributed by atoms with van der Waals surface area (Å²) < 4.78 is 11.8. The molecule has 0 bridgehead atoms. The molecular weight excluding hydrogens is 466 g/mol. The highest BCUT2D eigenvalue weighted by Crippen LogP contribution is 2.36. The molecule has 7 heteroatoms. The number of hydrogen-bond donors (Lipinski definition) is 1. The Bertz CT molecular complexity index is 1060. The van der Waals surface area contributed by atoms with E-state index in [1.807, 2.05) is 55.6 Å². The molecule has 0 saturated carbocycles. The molecule has 1 aromatic heterocycles. The third-order valence-electron chi connectivity index (χ3n) is 4.39. The van der Waals surface area contributed by atoms with Crippen molar-refractivity contribution in [3.8, 4) is 16.9 Å². The first-order valence-electron chi connectivity index (χ1n) is 9.43. The Morgan fingerprint density at radius 1 is 1.10 bits per heavy atom. The molecule has 0 aliphatic heterocycles. The molecule has 1 N–H and O–H groups in total. The van der Waals surface area contributed by atoms with Crippen molar-refractivity contribution in [1.29, 1.82) is 0 Å². The van der Waals surface area contributed by atoms with Gasteiger partial charge in [-0.15, -0.1) is 11.3 Å². The fraction of sp³-hybridized carbons (Fsp3) is 0.217. The van der Waals surface area contributed by atoms with Crippen LogP contribution in [-0.2, 0) is 9.53 Å². The van der Waals surface area contributed by atoms with Crippen molar-refractivity contribution in [3.05, 3.63) is 69.0 Å². The average Bonchev–Trinajstić information content (AvgIpc) is 3.13. The number of halogens is 1. The van der Waals surface area contributed by atoms with Crippen LogP contribution in [0.3, 0.4) is 0 Å². The molecule has 0 radical (unpaired) electrons. The molecule has 5 nitrogen and oxygen atoms in total. The van der Waals surface area contributed by atoms with E-state index in [1.54, 1.807) is 13.0 Å². The van der Waals surface area contributed by atoms with Crippen molar-refractivity contribution in [2.75, 3.05) is 18.5 Å². The average molecular weight is 488 g/mol. The number of benzene rings is 2. The number of aryl methyl sites for hydroxylation is 2. The van der Waals surface area contributed by atoms with Gasteiger partial charge in [-0.3, -0.25) is 4.79 Å². The van der Waals surface area contributed by atoms with Gasteiger partial charge in [0.25, 0.3) is 5.91 Å². The van der Waals surface area contributed by atoms with Crippen LogP contribution in [0.25, 0.3) is 11.1 Å². The van der Waals surface area contributed by atoms with Crippen molar-refractivity contribution in [3.63, 3.8) is 0 Å². The van der Waals surface area contributed by atoms with Crippen LogP contribution in [0.2, 0.25) is 0 Å². The van der Waals surface area contributed by atoms with E-state index >= 15 is 0 Å². The van der Waals surface area contributed by atoms with Gasteiger partial charge in [-0.05, 0) is 50.1 Å². The van der Waals surface area contributed by atoms with Crippen LogP contribution in [0.15, 0.2) is 52.3 Å². The van der Waals surface area contributed by atoms with Gasteiger partial charge in [-0.2, -0.15) is 0 Å². The highest BCUT2D eigenvalue weighted by molar-refractivity contribution is 9.10. The second kappa shape index (κ2) is 9.91. The van der Waals surface area contributed by atoms with Gasteiger partial charge in [0.15, 0.2) is 6.61 Å². The lowest BCUT2D eigenvalue weighted by Crippen LogP contribution is -2.21. The van der Waals surface area contributed by atoms with Crippen molar-refractivity contribution < 1.29 is 19.1 Å². The van der Waals surface area contributed by atoms with Crippen LogP contribution in [-0.4, -0.2) is 25.1 Å². The molecule has 0 fully saturated rings. The van der Waals surface area contributed by atoms with Crippen LogP contribution in [0.4, 0.5) is 5.00 Å². The minimum absolute atomic E-state index is 0.166. The van der Waals surface area contributed by atoms with Crippen LogP contribution < -0.4 is 10.1 Å². The van der Waals surface area contributed by atoms with E-state index in [1.165, 1.54) is 11.3 Å². The maximum Gasteiger partial charge on any atom is 0.341 e. The molecule has 0 saturated heterocycles. The number of amides is 1. The summed E-state index contributed by atoms with van der Waals surface area (Å²) in [6.07, 6.45) is 0. The maximum atomic E-state index is 12.6. The van der Waals surface area contributed by atoms with Crippen molar-refractivity contribution in [2.45, 2.75) is 20.8 Å². The zero-order valence-electron chi connectivity index (χ0n) is 17.0. The molecule has 1 heterocycles. The Labute approximate surface area is 188 Å². The minimum Gasteiger partial charge on any atom is -0.484 e. The number of hydrogen-bond acceptors (Lipinski definition) is 5. The summed E-state index contributed by atoms with van der Waals surface area (Å²) in [5.74, 6) is -0.213. The van der Waals surface area contributed by atoms with E-state index in [0.717, 1.165) is 26.7 Å². The number of anilines is 1. The maximum absolute atomic E-state index is 12.6. The number of carbonyl (C=O) groups excluding carboxylic acids is 2. The van der Waals surface area contributed by atoms with E-state index in [4.69, 9.17) is 9.47 Å². The summed E-state index contributed by atoms with van der Waals surface area (Å²) >= 11 is 4.73. The predicted molar refractivity (Wildman–Crippen MR) is 123 cm³/mol. The second-order valence-electron chi connectivity index (χ2n) is 6.69. The van der Waals surface area contributed by atoms with Gasteiger partial charge in [0.1, 0.15) is 16.3 Å². The standard InChI is InChI=1S/C23H22BrNO4S/c1-4-28-23(27)21-18(16-7-5-14(2)6-8-16)13-30-22(21)25-20(26)12-29-17-9-10-19(24)15(3)11-17/h5-11,13H,4,12H2,1-3H3,(H,25,26). The van der Waals surface area contributed by atoms with E-state index < -0.39 is 5.97 Å². The summed E-state index contributed by atoms with van der Waals surface area (Å²) in [6.45, 7) is 5.79. The molecule has 0 spiro atoms. The highest BCUT2D eigenvalue weighted by atomic mass is 79.9. The molecular formula is C23H22BrNO4S. The Balaban J connectivity index is 1.78. The number of nitrogens with one attached hydrogen (secondary N) is 1. The normalized spacial score (nSPS) is 10.5. The molecule has 2 aromatic carbocycles. The van der Waals surface area contributed by atoms with Gasteiger partial charge in [-0.25, -0.2) is 4.79 Å². The molecule has 0 atom stereocenters. The molecule has 0 unspecified atom stereocenters. The fourth-order valence-corrected chi connectivity index (χ4v) is 4.04. The Hall–Kier alpha value is -2.64. The number of carbonyl (C=O) groups is 2. The number of ether oxygens (including phenoxy) is 2. The first-order valence-corrected chi connectivity index (χ1v) is 11.1. The first-order chi connectivity index (χ1) is 14.4.